The molecule has 6 rings (SSSR count). The van der Waals surface area contributed by atoms with Crippen LogP contribution in [0.3, 0.4) is 0 Å². The van der Waals surface area contributed by atoms with Crippen LogP contribution in [0, 0.1) is 35.0 Å². The van der Waals surface area contributed by atoms with Gasteiger partial charge in [0.15, 0.2) is 12.2 Å². The van der Waals surface area contributed by atoms with Gasteiger partial charge in [-0.25, -0.2) is 19.5 Å². The monoisotopic (exact) mass is 502 g/mol. The number of ether oxygens (including phenoxy) is 1. The van der Waals surface area contributed by atoms with Crippen molar-refractivity contribution in [1.29, 1.82) is 5.26 Å². The number of nitriles is 1. The van der Waals surface area contributed by atoms with Crippen LogP contribution in [-0.4, -0.2) is 52.8 Å². The number of hydrogen-bond acceptors (Lipinski definition) is 6. The lowest BCUT2D eigenvalue weighted by Gasteiger charge is -2.38. The normalized spacial score (nSPS) is 32.8. The van der Waals surface area contributed by atoms with E-state index in [1.807, 2.05) is 6.07 Å². The van der Waals surface area contributed by atoms with E-state index in [1.54, 1.807) is 23.1 Å². The van der Waals surface area contributed by atoms with E-state index < -0.39 is 12.2 Å². The number of aromatic nitrogens is 1. The van der Waals surface area contributed by atoms with Gasteiger partial charge in [0.05, 0.1) is 11.9 Å². The fraction of sp³-hybridized carbons (Fsp3) is 0.536. The molecule has 9 nitrogen and oxygen atoms in total. The number of rotatable bonds is 3. The summed E-state index contributed by atoms with van der Waals surface area (Å²) in [5.74, 6) is 0.913. The van der Waals surface area contributed by atoms with E-state index in [-0.39, 0.29) is 35.7 Å². The predicted octanol–water partition coefficient (Wildman–Crippen LogP) is 3.09. The number of imide groups is 1. The Balaban J connectivity index is 1.26. The molecule has 0 radical (unpaired) electrons. The van der Waals surface area contributed by atoms with E-state index in [0.717, 1.165) is 19.3 Å². The van der Waals surface area contributed by atoms with Crippen LogP contribution >= 0.6 is 0 Å². The first-order valence-corrected chi connectivity index (χ1v) is 13.3. The summed E-state index contributed by atoms with van der Waals surface area (Å²) in [7, 11) is 0. The highest BCUT2D eigenvalue weighted by atomic mass is 16.6. The Kier molecular flexibility index (Phi) is 5.68. The van der Waals surface area contributed by atoms with Crippen LogP contribution < -0.4 is 9.80 Å². The Labute approximate surface area is 216 Å². The number of anilines is 1. The van der Waals surface area contributed by atoms with E-state index in [4.69, 9.17) is 4.74 Å². The predicted molar refractivity (Wildman–Crippen MR) is 134 cm³/mol. The molecule has 192 valence electrons. The van der Waals surface area contributed by atoms with Crippen molar-refractivity contribution in [2.45, 2.75) is 64.8 Å². The Hall–Kier alpha value is -3.51. The summed E-state index contributed by atoms with van der Waals surface area (Å²) < 4.78 is 6.10. The molecule has 1 aliphatic carbocycles. The van der Waals surface area contributed by atoms with E-state index in [1.165, 1.54) is 11.1 Å². The van der Waals surface area contributed by atoms with Crippen molar-refractivity contribution < 1.29 is 24.0 Å². The zero-order valence-corrected chi connectivity index (χ0v) is 21.4. The Morgan fingerprint density at radius 3 is 2.68 bits per heavy atom. The van der Waals surface area contributed by atoms with E-state index in [0.29, 0.717) is 52.1 Å². The lowest BCUT2D eigenvalue weighted by atomic mass is 9.75. The molecule has 3 saturated heterocycles. The van der Waals surface area contributed by atoms with Crippen LogP contribution in [0.15, 0.2) is 30.5 Å². The molecule has 1 unspecified atom stereocenters. The first kappa shape index (κ1) is 23.9. The lowest BCUT2D eigenvalue weighted by Crippen LogP contribution is -3.20. The number of likely N-dealkylation sites (tertiary alicyclic amines) is 1. The zero-order valence-electron chi connectivity index (χ0n) is 21.4. The van der Waals surface area contributed by atoms with Gasteiger partial charge in [0, 0.05) is 29.7 Å². The van der Waals surface area contributed by atoms with Crippen LogP contribution in [0.5, 0.6) is 0 Å². The summed E-state index contributed by atoms with van der Waals surface area (Å²) in [6.07, 6.45) is 4.20. The summed E-state index contributed by atoms with van der Waals surface area (Å²) in [6.45, 7) is 6.98. The highest BCUT2D eigenvalue weighted by molar-refractivity contribution is 6.20. The molecule has 1 saturated carbocycles. The average molecular weight is 503 g/mol. The molecule has 9 heteroatoms. The number of fused-ring (bicyclic) bond motifs is 6. The van der Waals surface area contributed by atoms with E-state index in [2.05, 4.69) is 31.8 Å². The number of carbonyl (C=O) groups is 3. The Morgan fingerprint density at radius 1 is 1.19 bits per heavy atom. The number of nitrogens with one attached hydrogen (secondary N) is 1. The summed E-state index contributed by atoms with van der Waals surface area (Å²) in [6, 6.07) is 8.35. The fourth-order valence-corrected chi connectivity index (χ4v) is 7.17. The van der Waals surface area contributed by atoms with Gasteiger partial charge in [-0.2, -0.15) is 10.2 Å². The molecule has 3 aliphatic heterocycles. The van der Waals surface area contributed by atoms with Crippen molar-refractivity contribution in [3.8, 4) is 6.07 Å². The number of quaternary nitrogens is 1. The molecular weight excluding hydrogens is 470 g/mol. The zero-order chi connectivity index (χ0) is 26.0. The highest BCUT2D eigenvalue weighted by Gasteiger charge is 2.68. The van der Waals surface area contributed by atoms with Crippen LogP contribution in [0.1, 0.15) is 52.1 Å². The lowest BCUT2D eigenvalue weighted by molar-refractivity contribution is -0.856. The molecule has 7 atom stereocenters. The van der Waals surface area contributed by atoms with Crippen LogP contribution in [0.4, 0.5) is 15.3 Å². The molecule has 4 fully saturated rings. The van der Waals surface area contributed by atoms with Gasteiger partial charge in [0.1, 0.15) is 17.9 Å². The number of pyridine rings is 1. The smallest absolute Gasteiger partial charge is 0.431 e. The number of carbonyl (C=O) groups excluding carboxylic acids is 3. The van der Waals surface area contributed by atoms with E-state index >= 15 is 0 Å². The second-order valence-corrected chi connectivity index (χ2v) is 11.5. The van der Waals surface area contributed by atoms with Gasteiger partial charge in [-0.15, -0.1) is 0 Å². The SMILES string of the molecule is CC(C)[C@@H]1CC[C@@H](C)C[C@H]1OC(=O)N1C[C@H]2C[C@H]1[NH+]1C(=O)N(c3cnc(C#N)c4ccccc34)C(=O)[C@H]21. The van der Waals surface area contributed by atoms with Crippen LogP contribution in [0.25, 0.3) is 10.8 Å². The molecule has 1 aromatic heterocycles. The first-order chi connectivity index (χ1) is 17.8. The minimum absolute atomic E-state index is 0.0993. The molecule has 2 aromatic rings. The van der Waals surface area contributed by atoms with Gasteiger partial charge in [-0.1, -0.05) is 51.5 Å². The molecule has 0 spiro atoms. The minimum Gasteiger partial charge on any atom is -0.446 e. The summed E-state index contributed by atoms with van der Waals surface area (Å²) >= 11 is 0. The van der Waals surface area contributed by atoms with Gasteiger partial charge in [-0.05, 0) is 30.6 Å². The molecule has 4 amide bonds. The third-order valence-corrected chi connectivity index (χ3v) is 9.00. The molecule has 4 heterocycles. The number of benzene rings is 1. The molecular formula is C28H32N5O4+. The van der Waals surface area contributed by atoms with Crippen molar-refractivity contribution in [1.82, 2.24) is 9.88 Å². The quantitative estimate of drug-likeness (QED) is 0.647. The number of urea groups is 1. The molecule has 1 N–H and O–H groups in total. The molecule has 37 heavy (non-hydrogen) atoms. The molecule has 4 aliphatic rings. The maximum Gasteiger partial charge on any atom is 0.431 e. The van der Waals surface area contributed by atoms with Gasteiger partial charge >= 0.3 is 12.1 Å². The fourth-order valence-electron chi connectivity index (χ4n) is 7.17. The molecule has 1 aromatic carbocycles. The van der Waals surface area contributed by atoms with Crippen molar-refractivity contribution in [3.63, 3.8) is 0 Å². The first-order valence-electron chi connectivity index (χ1n) is 13.3. The Morgan fingerprint density at radius 2 is 1.95 bits per heavy atom. The van der Waals surface area contributed by atoms with Gasteiger partial charge in [0.25, 0.3) is 5.91 Å². The minimum atomic E-state index is -0.519. The second-order valence-electron chi connectivity index (χ2n) is 11.5. The summed E-state index contributed by atoms with van der Waals surface area (Å²) in [5.41, 5.74) is 0.632. The molecule has 2 bridgehead atoms. The van der Waals surface area contributed by atoms with Crippen LogP contribution in [0.2, 0.25) is 0 Å². The average Bonchev–Trinajstić information content (AvgIpc) is 3.55. The highest BCUT2D eigenvalue weighted by Crippen LogP contribution is 2.38. The topological polar surface area (TPSA) is 108 Å². The van der Waals surface area contributed by atoms with E-state index in [9.17, 15) is 19.6 Å². The van der Waals surface area contributed by atoms with Crippen molar-refractivity contribution in [3.05, 3.63) is 36.2 Å². The summed E-state index contributed by atoms with van der Waals surface area (Å²) in [4.78, 5) is 48.3. The third kappa shape index (κ3) is 3.61. The standard InChI is InChI=1S/C28H31N5O4/c1-15(2)18-9-8-16(3)10-23(18)37-28(36)31-14-17-11-24(31)33-25(17)26(34)32(27(33)35)22-13-30-21(12-29)19-6-4-5-7-20(19)22/h4-7,13,15-18,23-25H,8-11,14H2,1-3H3/p+1/t16-,17-,18+,23-,24-,25+/m1/s1. The largest absolute Gasteiger partial charge is 0.446 e. The number of amides is 4. The maximum atomic E-state index is 13.7. The van der Waals surface area contributed by atoms with Gasteiger partial charge in [-0.3, -0.25) is 9.69 Å². The summed E-state index contributed by atoms with van der Waals surface area (Å²) in [5, 5.41) is 10.7. The maximum absolute atomic E-state index is 13.7. The Bertz CT molecular complexity index is 1340. The number of nitrogens with zero attached hydrogens (tertiary/aromatic N) is 4. The number of hydrogen-bond donors (Lipinski definition) is 1. The van der Waals surface area contributed by atoms with Crippen molar-refractivity contribution in [2.75, 3.05) is 11.4 Å². The van der Waals surface area contributed by atoms with Gasteiger partial charge < -0.3 is 4.74 Å². The van der Waals surface area contributed by atoms with Crippen LogP contribution in [-0.2, 0) is 9.53 Å². The van der Waals surface area contributed by atoms with Crippen molar-refractivity contribution in [2.24, 2.45) is 23.7 Å². The second kappa shape index (κ2) is 8.80. The van der Waals surface area contributed by atoms with Crippen molar-refractivity contribution >= 4 is 34.5 Å². The third-order valence-electron chi connectivity index (χ3n) is 9.00. The van der Waals surface area contributed by atoms with Gasteiger partial charge in [0.2, 0.25) is 0 Å².